The Balaban J connectivity index is 2.07. The second kappa shape index (κ2) is 2.46. The molecule has 2 aliphatic heterocycles. The maximum Gasteiger partial charge on any atom is 0.201 e. The zero-order valence-corrected chi connectivity index (χ0v) is 6.58. The van der Waals surface area contributed by atoms with Crippen LogP contribution in [0.5, 0.6) is 0 Å². The Hall–Kier alpha value is -0.610. The van der Waals surface area contributed by atoms with E-state index < -0.39 is 0 Å². The number of nitrogens with zero attached hydrogens (tertiary/aromatic N) is 1. The highest BCUT2D eigenvalue weighted by atomic mass is 16.5. The summed E-state index contributed by atoms with van der Waals surface area (Å²) in [7, 11) is 0. The van der Waals surface area contributed by atoms with E-state index in [1.165, 1.54) is 0 Å². The van der Waals surface area contributed by atoms with E-state index in [0.717, 1.165) is 19.0 Å². The van der Waals surface area contributed by atoms with Crippen molar-refractivity contribution in [2.45, 2.75) is 25.1 Å². The fourth-order valence-electron chi connectivity index (χ4n) is 1.46. The second-order valence-corrected chi connectivity index (χ2v) is 3.14. The highest BCUT2D eigenvalue weighted by Crippen LogP contribution is 2.17. The zero-order valence-electron chi connectivity index (χ0n) is 6.58. The first-order valence-electron chi connectivity index (χ1n) is 3.98. The van der Waals surface area contributed by atoms with E-state index in [4.69, 9.17) is 10.5 Å². The van der Waals surface area contributed by atoms with Gasteiger partial charge in [0, 0.05) is 13.1 Å². The largest absolute Gasteiger partial charge is 0.473 e. The van der Waals surface area contributed by atoms with Gasteiger partial charge >= 0.3 is 0 Å². The molecule has 3 unspecified atom stereocenters. The molecule has 0 spiro atoms. The average Bonchev–Trinajstić information content (AvgIpc) is 2.40. The van der Waals surface area contributed by atoms with Crippen LogP contribution in [0.15, 0.2) is 4.99 Å². The van der Waals surface area contributed by atoms with Crippen molar-refractivity contribution >= 4 is 5.90 Å². The molecule has 1 fully saturated rings. The number of rotatable bonds is 1. The van der Waals surface area contributed by atoms with Crippen LogP contribution in [0.4, 0.5) is 0 Å². The van der Waals surface area contributed by atoms with Crippen molar-refractivity contribution in [3.05, 3.63) is 0 Å². The summed E-state index contributed by atoms with van der Waals surface area (Å²) in [6.07, 6.45) is 0.246. The molecule has 4 heteroatoms. The molecule has 0 saturated carbocycles. The van der Waals surface area contributed by atoms with E-state index >= 15 is 0 Å². The standard InChI is InChI=1S/C7H13N3O/c1-4(8)7-10-5-2-9-3-6(5)11-7/h4-6,9H,2-3,8H2,1H3. The van der Waals surface area contributed by atoms with Crippen LogP contribution in [-0.2, 0) is 4.74 Å². The highest BCUT2D eigenvalue weighted by molar-refractivity contribution is 5.83. The molecule has 0 aromatic carbocycles. The predicted octanol–water partition coefficient (Wildman–Crippen LogP) is -0.897. The Labute approximate surface area is 65.8 Å². The van der Waals surface area contributed by atoms with E-state index in [9.17, 15) is 0 Å². The van der Waals surface area contributed by atoms with Crippen molar-refractivity contribution in [3.63, 3.8) is 0 Å². The third-order valence-electron chi connectivity index (χ3n) is 2.08. The third kappa shape index (κ3) is 1.12. The van der Waals surface area contributed by atoms with Crippen LogP contribution >= 0.6 is 0 Å². The van der Waals surface area contributed by atoms with Crippen LogP contribution in [0.1, 0.15) is 6.92 Å². The summed E-state index contributed by atoms with van der Waals surface area (Å²) < 4.78 is 5.51. The SMILES string of the molecule is CC(N)C1=NC2CNCC2O1. The first kappa shape index (κ1) is 7.06. The Bertz CT molecular complexity index is 190. The van der Waals surface area contributed by atoms with E-state index in [1.54, 1.807) is 0 Å². The Kier molecular flexibility index (Phi) is 1.58. The smallest absolute Gasteiger partial charge is 0.201 e. The van der Waals surface area contributed by atoms with Gasteiger partial charge in [0.05, 0.1) is 6.04 Å². The summed E-state index contributed by atoms with van der Waals surface area (Å²) in [6, 6.07) is 0.261. The van der Waals surface area contributed by atoms with Crippen molar-refractivity contribution in [3.8, 4) is 0 Å². The molecule has 4 nitrogen and oxygen atoms in total. The molecule has 0 aliphatic carbocycles. The van der Waals surface area contributed by atoms with Gasteiger partial charge in [-0.3, -0.25) is 0 Å². The third-order valence-corrected chi connectivity index (χ3v) is 2.08. The number of nitrogens with two attached hydrogens (primary N) is 1. The Morgan fingerprint density at radius 3 is 3.18 bits per heavy atom. The van der Waals surface area contributed by atoms with Crippen molar-refractivity contribution in [2.75, 3.05) is 13.1 Å². The minimum absolute atomic E-state index is 0.0550. The molecule has 0 bridgehead atoms. The van der Waals surface area contributed by atoms with Crippen LogP contribution in [0, 0.1) is 0 Å². The molecule has 1 saturated heterocycles. The number of fused-ring (bicyclic) bond motifs is 1. The second-order valence-electron chi connectivity index (χ2n) is 3.14. The maximum atomic E-state index is 5.62. The average molecular weight is 155 g/mol. The molecule has 2 heterocycles. The van der Waals surface area contributed by atoms with E-state index in [1.807, 2.05) is 6.92 Å². The molecule has 0 amide bonds. The van der Waals surface area contributed by atoms with Crippen LogP contribution in [0.3, 0.4) is 0 Å². The molecular formula is C7H13N3O. The van der Waals surface area contributed by atoms with Gasteiger partial charge in [-0.2, -0.15) is 0 Å². The number of hydrogen-bond acceptors (Lipinski definition) is 4. The fraction of sp³-hybridized carbons (Fsp3) is 0.857. The maximum absolute atomic E-state index is 5.62. The molecule has 3 atom stereocenters. The topological polar surface area (TPSA) is 59.6 Å². The van der Waals surface area contributed by atoms with Crippen LogP contribution < -0.4 is 11.1 Å². The molecule has 0 aromatic heterocycles. The van der Waals surface area contributed by atoms with E-state index in [2.05, 4.69) is 10.3 Å². The lowest BCUT2D eigenvalue weighted by Gasteiger charge is -2.09. The fourth-order valence-corrected chi connectivity index (χ4v) is 1.46. The molecule has 2 rings (SSSR count). The number of hydrogen-bond donors (Lipinski definition) is 2. The summed E-state index contributed by atoms with van der Waals surface area (Å²) >= 11 is 0. The lowest BCUT2D eigenvalue weighted by molar-refractivity contribution is 0.217. The lowest BCUT2D eigenvalue weighted by atomic mass is 10.2. The zero-order chi connectivity index (χ0) is 7.84. The first-order chi connectivity index (χ1) is 5.27. The number of nitrogens with one attached hydrogen (secondary N) is 1. The van der Waals surface area contributed by atoms with Crippen LogP contribution in [0.25, 0.3) is 0 Å². The van der Waals surface area contributed by atoms with Gasteiger partial charge in [-0.15, -0.1) is 0 Å². The molecule has 3 N–H and O–H groups in total. The molecule has 11 heavy (non-hydrogen) atoms. The number of aliphatic imine (C=N–C) groups is 1. The van der Waals surface area contributed by atoms with E-state index in [-0.39, 0.29) is 12.1 Å². The van der Waals surface area contributed by atoms with Gasteiger partial charge in [0.25, 0.3) is 0 Å². The van der Waals surface area contributed by atoms with Gasteiger partial charge in [0.2, 0.25) is 5.90 Å². The Morgan fingerprint density at radius 1 is 1.73 bits per heavy atom. The van der Waals surface area contributed by atoms with Crippen molar-refractivity contribution in [1.82, 2.24) is 5.32 Å². The number of ether oxygens (including phenoxy) is 1. The van der Waals surface area contributed by atoms with Crippen molar-refractivity contribution < 1.29 is 4.74 Å². The van der Waals surface area contributed by atoms with Gasteiger partial charge in [0.1, 0.15) is 12.1 Å². The highest BCUT2D eigenvalue weighted by Gasteiger charge is 2.35. The molecular weight excluding hydrogens is 142 g/mol. The molecule has 62 valence electrons. The normalized spacial score (nSPS) is 37.8. The Morgan fingerprint density at radius 2 is 2.55 bits per heavy atom. The minimum Gasteiger partial charge on any atom is -0.473 e. The summed E-state index contributed by atoms with van der Waals surface area (Å²) in [5.74, 6) is 0.724. The predicted molar refractivity (Wildman–Crippen MR) is 42.6 cm³/mol. The van der Waals surface area contributed by atoms with Gasteiger partial charge < -0.3 is 15.8 Å². The first-order valence-corrected chi connectivity index (χ1v) is 3.98. The minimum atomic E-state index is -0.0550. The van der Waals surface area contributed by atoms with Gasteiger partial charge in [0.15, 0.2) is 0 Å². The summed E-state index contributed by atoms with van der Waals surface area (Å²) in [5.41, 5.74) is 5.62. The molecule has 0 aromatic rings. The van der Waals surface area contributed by atoms with Gasteiger partial charge in [-0.25, -0.2) is 4.99 Å². The van der Waals surface area contributed by atoms with Crippen LogP contribution in [-0.4, -0.2) is 37.2 Å². The van der Waals surface area contributed by atoms with Crippen molar-refractivity contribution in [1.29, 1.82) is 0 Å². The molecule has 2 aliphatic rings. The van der Waals surface area contributed by atoms with Gasteiger partial charge in [-0.1, -0.05) is 0 Å². The van der Waals surface area contributed by atoms with E-state index in [0.29, 0.717) is 6.04 Å². The summed E-state index contributed by atoms with van der Waals surface area (Å²) in [4.78, 5) is 4.36. The molecule has 0 radical (unpaired) electrons. The lowest BCUT2D eigenvalue weighted by Crippen LogP contribution is -2.30. The van der Waals surface area contributed by atoms with Crippen molar-refractivity contribution in [2.24, 2.45) is 10.7 Å². The summed E-state index contributed by atoms with van der Waals surface area (Å²) in [5, 5.41) is 3.21. The van der Waals surface area contributed by atoms with Gasteiger partial charge in [-0.05, 0) is 6.92 Å². The van der Waals surface area contributed by atoms with Crippen LogP contribution in [0.2, 0.25) is 0 Å². The summed E-state index contributed by atoms with van der Waals surface area (Å²) in [6.45, 7) is 3.73. The quantitative estimate of drug-likeness (QED) is 0.516. The monoisotopic (exact) mass is 155 g/mol.